The van der Waals surface area contributed by atoms with Crippen molar-refractivity contribution >= 4 is 29.1 Å². The summed E-state index contributed by atoms with van der Waals surface area (Å²) in [5.41, 5.74) is 0.220. The normalized spacial score (nSPS) is 15.8. The van der Waals surface area contributed by atoms with Crippen LogP contribution in [0.2, 0.25) is 0 Å². The lowest BCUT2D eigenvalue weighted by atomic mass is 10.1. The molecule has 0 spiro atoms. The second kappa shape index (κ2) is 5.48. The van der Waals surface area contributed by atoms with Crippen molar-refractivity contribution in [2.75, 3.05) is 11.6 Å². The molecule has 7 heteroatoms. The van der Waals surface area contributed by atoms with Crippen LogP contribution in [0.25, 0.3) is 0 Å². The number of carbonyl (C=O) groups is 1. The van der Waals surface area contributed by atoms with Gasteiger partial charge in [-0.3, -0.25) is 10.1 Å². The average Bonchev–Trinajstić information content (AvgIpc) is 3.18. The fourth-order valence-electron chi connectivity index (χ4n) is 1.97. The van der Waals surface area contributed by atoms with Gasteiger partial charge >= 0.3 is 11.7 Å². The second-order valence-electron chi connectivity index (χ2n) is 4.41. The van der Waals surface area contributed by atoms with Crippen molar-refractivity contribution in [1.29, 1.82) is 0 Å². The van der Waals surface area contributed by atoms with Gasteiger partial charge in [-0.25, -0.2) is 4.79 Å². The summed E-state index contributed by atoms with van der Waals surface area (Å²) in [4.78, 5) is 22.4. The quantitative estimate of drug-likeness (QED) is 0.473. The molecule has 1 aromatic carbocycles. The standard InChI is InChI=1S/C12H14N2O4S/c1-19-9-4-2-3-8(11(9)14(17)18)13-10(12(15)16)7-5-6-7/h2-4,7,10,13H,5-6H2,1H3,(H,15,16). The highest BCUT2D eigenvalue weighted by atomic mass is 32.2. The van der Waals surface area contributed by atoms with E-state index in [1.54, 1.807) is 24.5 Å². The van der Waals surface area contributed by atoms with Gasteiger partial charge in [0.15, 0.2) is 0 Å². The number of nitro benzene ring substituents is 1. The summed E-state index contributed by atoms with van der Waals surface area (Å²) in [7, 11) is 0. The predicted octanol–water partition coefficient (Wildman–Crippen LogP) is 2.59. The molecular weight excluding hydrogens is 268 g/mol. The Morgan fingerprint density at radius 2 is 2.26 bits per heavy atom. The number of nitro groups is 1. The summed E-state index contributed by atoms with van der Waals surface area (Å²) in [5, 5.41) is 23.1. The highest BCUT2D eigenvalue weighted by Gasteiger charge is 2.37. The molecule has 19 heavy (non-hydrogen) atoms. The van der Waals surface area contributed by atoms with Crippen LogP contribution in [0.1, 0.15) is 12.8 Å². The van der Waals surface area contributed by atoms with Gasteiger partial charge in [-0.1, -0.05) is 6.07 Å². The number of anilines is 1. The van der Waals surface area contributed by atoms with Gasteiger partial charge in [0.1, 0.15) is 11.7 Å². The largest absolute Gasteiger partial charge is 0.480 e. The number of aliphatic carboxylic acids is 1. The van der Waals surface area contributed by atoms with Crippen LogP contribution in [0.15, 0.2) is 23.1 Å². The van der Waals surface area contributed by atoms with Crippen molar-refractivity contribution in [2.24, 2.45) is 5.92 Å². The van der Waals surface area contributed by atoms with Crippen LogP contribution in [-0.4, -0.2) is 28.3 Å². The first-order valence-corrected chi connectivity index (χ1v) is 7.07. The van der Waals surface area contributed by atoms with Crippen LogP contribution in [0.5, 0.6) is 0 Å². The molecule has 1 aliphatic rings. The highest BCUT2D eigenvalue weighted by molar-refractivity contribution is 7.98. The number of hydrogen-bond donors (Lipinski definition) is 2. The Balaban J connectivity index is 2.33. The number of benzene rings is 1. The Hall–Kier alpha value is -1.76. The van der Waals surface area contributed by atoms with Gasteiger partial charge in [-0.05, 0) is 37.1 Å². The van der Waals surface area contributed by atoms with Gasteiger partial charge in [0.2, 0.25) is 0 Å². The number of rotatable bonds is 6. The van der Waals surface area contributed by atoms with E-state index in [4.69, 9.17) is 5.11 Å². The summed E-state index contributed by atoms with van der Waals surface area (Å²) in [5.74, 6) is -0.901. The number of nitrogens with zero attached hydrogens (tertiary/aromatic N) is 1. The van der Waals surface area contributed by atoms with E-state index in [2.05, 4.69) is 5.32 Å². The van der Waals surface area contributed by atoms with Crippen molar-refractivity contribution in [3.63, 3.8) is 0 Å². The topological polar surface area (TPSA) is 92.5 Å². The van der Waals surface area contributed by atoms with Gasteiger partial charge in [0, 0.05) is 0 Å². The Labute approximate surface area is 114 Å². The molecule has 1 aromatic rings. The molecule has 0 amide bonds. The van der Waals surface area contributed by atoms with Crippen LogP contribution in [0.3, 0.4) is 0 Å². The molecule has 2 rings (SSSR count). The van der Waals surface area contributed by atoms with E-state index in [1.165, 1.54) is 11.8 Å². The molecular formula is C12H14N2O4S. The minimum atomic E-state index is -0.966. The number of carboxylic acid groups (broad SMARTS) is 1. The maximum atomic E-state index is 11.2. The molecule has 0 radical (unpaired) electrons. The van der Waals surface area contributed by atoms with E-state index < -0.39 is 16.9 Å². The number of thioether (sulfide) groups is 1. The minimum absolute atomic E-state index is 0.0538. The molecule has 0 saturated heterocycles. The SMILES string of the molecule is CSc1cccc(NC(C(=O)O)C2CC2)c1[N+](=O)[O-]. The Kier molecular flexibility index (Phi) is 3.94. The van der Waals surface area contributed by atoms with Crippen molar-refractivity contribution in [3.8, 4) is 0 Å². The lowest BCUT2D eigenvalue weighted by Crippen LogP contribution is -2.31. The maximum absolute atomic E-state index is 11.2. The Morgan fingerprint density at radius 3 is 2.74 bits per heavy atom. The first-order valence-electron chi connectivity index (χ1n) is 5.85. The molecule has 1 unspecified atom stereocenters. The van der Waals surface area contributed by atoms with Gasteiger partial charge in [0.05, 0.1) is 9.82 Å². The summed E-state index contributed by atoms with van der Waals surface area (Å²) in [6.45, 7) is 0. The van der Waals surface area contributed by atoms with Crippen LogP contribution >= 0.6 is 11.8 Å². The zero-order valence-corrected chi connectivity index (χ0v) is 11.1. The third-order valence-corrected chi connectivity index (χ3v) is 3.84. The molecule has 0 aliphatic heterocycles. The lowest BCUT2D eigenvalue weighted by Gasteiger charge is -2.15. The Bertz CT molecular complexity index is 516. The summed E-state index contributed by atoms with van der Waals surface area (Å²) >= 11 is 1.27. The van der Waals surface area contributed by atoms with Crippen LogP contribution in [-0.2, 0) is 4.79 Å². The second-order valence-corrected chi connectivity index (χ2v) is 5.26. The minimum Gasteiger partial charge on any atom is -0.480 e. The summed E-state index contributed by atoms with van der Waals surface area (Å²) in [6.07, 6.45) is 3.45. The number of nitrogens with one attached hydrogen (secondary N) is 1. The molecule has 0 heterocycles. The Morgan fingerprint density at radius 1 is 1.58 bits per heavy atom. The summed E-state index contributed by atoms with van der Waals surface area (Å²) < 4.78 is 0. The van der Waals surface area contributed by atoms with E-state index >= 15 is 0 Å². The predicted molar refractivity (Wildman–Crippen MR) is 72.6 cm³/mol. The molecule has 6 nitrogen and oxygen atoms in total. The third kappa shape index (κ3) is 2.98. The summed E-state index contributed by atoms with van der Waals surface area (Å²) in [6, 6.07) is 4.14. The van der Waals surface area contributed by atoms with Crippen LogP contribution < -0.4 is 5.32 Å². The van der Waals surface area contributed by atoms with Gasteiger partial charge in [-0.15, -0.1) is 11.8 Å². The zero-order valence-electron chi connectivity index (χ0n) is 10.3. The monoisotopic (exact) mass is 282 g/mol. The van der Waals surface area contributed by atoms with E-state index in [1.807, 2.05) is 0 Å². The van der Waals surface area contributed by atoms with Crippen molar-refractivity contribution in [3.05, 3.63) is 28.3 Å². The molecule has 1 aliphatic carbocycles. The molecule has 0 aromatic heterocycles. The van der Waals surface area contributed by atoms with Gasteiger partial charge in [-0.2, -0.15) is 0 Å². The van der Waals surface area contributed by atoms with E-state index in [0.29, 0.717) is 4.90 Å². The van der Waals surface area contributed by atoms with E-state index in [0.717, 1.165) is 12.8 Å². The molecule has 1 atom stereocenters. The van der Waals surface area contributed by atoms with Crippen molar-refractivity contribution < 1.29 is 14.8 Å². The number of hydrogen-bond acceptors (Lipinski definition) is 5. The third-order valence-electron chi connectivity index (χ3n) is 3.07. The first-order chi connectivity index (χ1) is 9.04. The van der Waals surface area contributed by atoms with Crippen molar-refractivity contribution in [1.82, 2.24) is 0 Å². The van der Waals surface area contributed by atoms with E-state index in [9.17, 15) is 14.9 Å². The fourth-order valence-corrected chi connectivity index (χ4v) is 2.56. The van der Waals surface area contributed by atoms with Gasteiger partial charge in [0.25, 0.3) is 0 Å². The fraction of sp³-hybridized carbons (Fsp3) is 0.417. The lowest BCUT2D eigenvalue weighted by molar-refractivity contribution is -0.386. The molecule has 1 saturated carbocycles. The number of carboxylic acids is 1. The van der Waals surface area contributed by atoms with Crippen LogP contribution in [0, 0.1) is 16.0 Å². The highest BCUT2D eigenvalue weighted by Crippen LogP contribution is 2.38. The first kappa shape index (κ1) is 13.7. The molecule has 1 fully saturated rings. The zero-order chi connectivity index (χ0) is 14.0. The van der Waals surface area contributed by atoms with Crippen LogP contribution in [0.4, 0.5) is 11.4 Å². The van der Waals surface area contributed by atoms with Gasteiger partial charge < -0.3 is 10.4 Å². The molecule has 102 valence electrons. The molecule has 0 bridgehead atoms. The maximum Gasteiger partial charge on any atom is 0.326 e. The molecule has 2 N–H and O–H groups in total. The smallest absolute Gasteiger partial charge is 0.326 e. The average molecular weight is 282 g/mol. The van der Waals surface area contributed by atoms with E-state index in [-0.39, 0.29) is 17.3 Å². The number of para-hydroxylation sites is 1. The van der Waals surface area contributed by atoms with Crippen molar-refractivity contribution in [2.45, 2.75) is 23.8 Å².